The van der Waals surface area contributed by atoms with Gasteiger partial charge < -0.3 is 5.73 Å². The fourth-order valence-corrected chi connectivity index (χ4v) is 1.75. The van der Waals surface area contributed by atoms with Gasteiger partial charge in [0.15, 0.2) is 0 Å². The van der Waals surface area contributed by atoms with Crippen molar-refractivity contribution in [2.45, 2.75) is 0 Å². The maximum Gasteiger partial charge on any atom is 0.261 e. The zero-order chi connectivity index (χ0) is 11.1. The lowest BCUT2D eigenvalue weighted by molar-refractivity contribution is 1.19. The number of nitrogen functional groups attached to an aromatic ring is 1. The zero-order valence-corrected chi connectivity index (χ0v) is 8.27. The molecule has 1 aromatic carbocycles. The second-order valence-electron chi connectivity index (χ2n) is 3.49. The summed E-state index contributed by atoms with van der Waals surface area (Å²) in [5.74, 6) is 0.119. The predicted molar refractivity (Wildman–Crippen MR) is 62.1 cm³/mol. The van der Waals surface area contributed by atoms with Crippen LogP contribution in [-0.2, 0) is 0 Å². The average Bonchev–Trinajstić information content (AvgIpc) is 2.28. The summed E-state index contributed by atoms with van der Waals surface area (Å²) < 4.78 is 0. The number of hydrogen-bond acceptors (Lipinski definition) is 4. The van der Waals surface area contributed by atoms with Gasteiger partial charge in [0.2, 0.25) is 5.95 Å². The molecule has 5 heteroatoms. The molecule has 0 saturated carbocycles. The van der Waals surface area contributed by atoms with Crippen molar-refractivity contribution in [1.82, 2.24) is 15.0 Å². The van der Waals surface area contributed by atoms with Crippen molar-refractivity contribution in [1.29, 1.82) is 0 Å². The summed E-state index contributed by atoms with van der Waals surface area (Å²) in [6, 6.07) is 7.50. The Morgan fingerprint density at radius 3 is 2.88 bits per heavy atom. The molecule has 0 radical (unpaired) electrons. The first-order chi connectivity index (χ1) is 7.75. The topological polar surface area (TPSA) is 84.7 Å². The maximum atomic E-state index is 11.6. The van der Waals surface area contributed by atoms with E-state index in [0.29, 0.717) is 10.9 Å². The van der Waals surface area contributed by atoms with E-state index < -0.39 is 0 Å². The van der Waals surface area contributed by atoms with Gasteiger partial charge in [-0.3, -0.25) is 14.8 Å². The number of nitrogens with two attached hydrogens (primary N) is 1. The van der Waals surface area contributed by atoms with Gasteiger partial charge in [-0.2, -0.15) is 0 Å². The molecule has 16 heavy (non-hydrogen) atoms. The van der Waals surface area contributed by atoms with Gasteiger partial charge in [0.25, 0.3) is 5.56 Å². The van der Waals surface area contributed by atoms with Crippen molar-refractivity contribution < 1.29 is 0 Å². The standard InChI is InChI=1S/C11H8N4O/c12-11-14-9-6-3-1-2-4-8(6)13-5-7(9)10(16)15-11/h1-5H,(H3,12,14,15,16). The third-order valence-electron chi connectivity index (χ3n) is 2.47. The first-order valence-electron chi connectivity index (χ1n) is 4.79. The Morgan fingerprint density at radius 1 is 1.19 bits per heavy atom. The predicted octanol–water partition coefficient (Wildman–Crippen LogP) is 1.05. The fourth-order valence-electron chi connectivity index (χ4n) is 1.75. The van der Waals surface area contributed by atoms with Gasteiger partial charge in [-0.15, -0.1) is 0 Å². The van der Waals surface area contributed by atoms with Gasteiger partial charge >= 0.3 is 0 Å². The monoisotopic (exact) mass is 212 g/mol. The van der Waals surface area contributed by atoms with Crippen molar-refractivity contribution in [3.05, 3.63) is 40.8 Å². The molecule has 0 aliphatic carbocycles. The highest BCUT2D eigenvalue weighted by Crippen LogP contribution is 2.19. The summed E-state index contributed by atoms with van der Waals surface area (Å²) in [4.78, 5) is 22.4. The van der Waals surface area contributed by atoms with Gasteiger partial charge in [-0.1, -0.05) is 18.2 Å². The Labute approximate surface area is 90.0 Å². The highest BCUT2D eigenvalue weighted by Gasteiger charge is 2.06. The van der Waals surface area contributed by atoms with Crippen molar-refractivity contribution in [2.24, 2.45) is 0 Å². The van der Waals surface area contributed by atoms with Crippen molar-refractivity contribution in [3.8, 4) is 0 Å². The smallest absolute Gasteiger partial charge is 0.261 e. The van der Waals surface area contributed by atoms with E-state index in [2.05, 4.69) is 15.0 Å². The molecular formula is C11H8N4O. The minimum Gasteiger partial charge on any atom is -0.369 e. The first kappa shape index (κ1) is 8.84. The number of fused-ring (bicyclic) bond motifs is 3. The highest BCUT2D eigenvalue weighted by atomic mass is 16.1. The first-order valence-corrected chi connectivity index (χ1v) is 4.79. The van der Waals surface area contributed by atoms with Crippen molar-refractivity contribution in [2.75, 3.05) is 5.73 Å². The van der Waals surface area contributed by atoms with Crippen LogP contribution in [0.1, 0.15) is 0 Å². The van der Waals surface area contributed by atoms with E-state index in [-0.39, 0.29) is 11.5 Å². The second-order valence-corrected chi connectivity index (χ2v) is 3.49. The lowest BCUT2D eigenvalue weighted by Crippen LogP contribution is -2.11. The number of pyridine rings is 1. The minimum absolute atomic E-state index is 0.119. The largest absolute Gasteiger partial charge is 0.369 e. The van der Waals surface area contributed by atoms with Crippen LogP contribution in [-0.4, -0.2) is 15.0 Å². The number of hydrogen-bond donors (Lipinski definition) is 2. The normalized spacial score (nSPS) is 11.0. The molecule has 78 valence electrons. The minimum atomic E-state index is -0.263. The third kappa shape index (κ3) is 1.15. The number of nitrogens with one attached hydrogen (secondary N) is 1. The van der Waals surface area contributed by atoms with Crippen LogP contribution in [0.25, 0.3) is 21.8 Å². The van der Waals surface area contributed by atoms with Crippen molar-refractivity contribution in [3.63, 3.8) is 0 Å². The Kier molecular flexibility index (Phi) is 1.67. The molecule has 0 fully saturated rings. The molecule has 0 bridgehead atoms. The van der Waals surface area contributed by atoms with Crippen LogP contribution < -0.4 is 11.3 Å². The van der Waals surface area contributed by atoms with Crippen LogP contribution in [0, 0.1) is 0 Å². The van der Waals surface area contributed by atoms with Crippen LogP contribution in [0.2, 0.25) is 0 Å². The summed E-state index contributed by atoms with van der Waals surface area (Å²) in [6.07, 6.45) is 1.52. The Balaban J connectivity index is 2.65. The number of aromatic amines is 1. The number of anilines is 1. The lowest BCUT2D eigenvalue weighted by Gasteiger charge is -2.01. The summed E-state index contributed by atoms with van der Waals surface area (Å²) in [5, 5.41) is 1.28. The molecule has 0 unspecified atom stereocenters. The van der Waals surface area contributed by atoms with E-state index in [1.54, 1.807) is 0 Å². The van der Waals surface area contributed by atoms with E-state index in [1.807, 2.05) is 24.3 Å². The molecular weight excluding hydrogens is 204 g/mol. The van der Waals surface area contributed by atoms with Gasteiger partial charge in [0.05, 0.1) is 16.4 Å². The summed E-state index contributed by atoms with van der Waals surface area (Å²) in [6.45, 7) is 0. The van der Waals surface area contributed by atoms with Gasteiger partial charge in [-0.25, -0.2) is 4.98 Å². The van der Waals surface area contributed by atoms with Gasteiger partial charge in [0, 0.05) is 11.6 Å². The SMILES string of the molecule is Nc1nc2c(cnc3ccccc32)c(=O)[nH]1. The number of H-pyrrole nitrogens is 1. The summed E-state index contributed by atoms with van der Waals surface area (Å²) >= 11 is 0. The highest BCUT2D eigenvalue weighted by molar-refractivity contribution is 6.02. The molecule has 5 nitrogen and oxygen atoms in total. The molecule has 0 aliphatic heterocycles. The van der Waals surface area contributed by atoms with Gasteiger partial charge in [0.1, 0.15) is 0 Å². The molecule has 3 aromatic rings. The van der Waals surface area contributed by atoms with E-state index in [9.17, 15) is 4.79 Å². The molecule has 0 atom stereocenters. The van der Waals surface area contributed by atoms with Crippen molar-refractivity contribution >= 4 is 27.8 Å². The number of aromatic nitrogens is 3. The average molecular weight is 212 g/mol. The number of benzene rings is 1. The summed E-state index contributed by atoms with van der Waals surface area (Å²) in [7, 11) is 0. The third-order valence-corrected chi connectivity index (χ3v) is 2.47. The van der Waals surface area contributed by atoms with Crippen LogP contribution in [0.4, 0.5) is 5.95 Å². The summed E-state index contributed by atoms with van der Waals surface area (Å²) in [5.41, 5.74) is 6.65. The fraction of sp³-hybridized carbons (Fsp3) is 0. The van der Waals surface area contributed by atoms with Crippen LogP contribution in [0.3, 0.4) is 0 Å². The Bertz CT molecular complexity index is 748. The van der Waals surface area contributed by atoms with E-state index in [4.69, 9.17) is 5.73 Å². The van der Waals surface area contributed by atoms with E-state index in [1.165, 1.54) is 6.20 Å². The molecule has 0 saturated heterocycles. The maximum absolute atomic E-state index is 11.6. The van der Waals surface area contributed by atoms with Gasteiger partial charge in [-0.05, 0) is 6.07 Å². The zero-order valence-electron chi connectivity index (χ0n) is 8.27. The lowest BCUT2D eigenvalue weighted by atomic mass is 10.1. The molecule has 2 aromatic heterocycles. The quantitative estimate of drug-likeness (QED) is 0.545. The molecule has 3 N–H and O–H groups in total. The molecule has 3 rings (SSSR count). The van der Waals surface area contributed by atoms with Crippen LogP contribution in [0.15, 0.2) is 35.3 Å². The number of nitrogens with zero attached hydrogens (tertiary/aromatic N) is 2. The van der Waals surface area contributed by atoms with E-state index >= 15 is 0 Å². The molecule has 0 amide bonds. The molecule has 0 aliphatic rings. The molecule has 0 spiro atoms. The van der Waals surface area contributed by atoms with Crippen LogP contribution >= 0.6 is 0 Å². The van der Waals surface area contributed by atoms with E-state index in [0.717, 1.165) is 10.9 Å². The Hall–Kier alpha value is -2.43. The van der Waals surface area contributed by atoms with Crippen LogP contribution in [0.5, 0.6) is 0 Å². The second kappa shape index (κ2) is 3.03. The number of rotatable bonds is 0. The molecule has 2 heterocycles. The Morgan fingerprint density at radius 2 is 2.00 bits per heavy atom. The number of para-hydroxylation sites is 1.